The standard InChI is InChI=1S/C7H7BrN2O3/c1-12-7(11)5-4(8)6-10(9-5)2-3-13-6/h2-3H2,1H3. The number of esters is 1. The van der Waals surface area contributed by atoms with Gasteiger partial charge in [0.25, 0.3) is 0 Å². The van der Waals surface area contributed by atoms with E-state index in [1.54, 1.807) is 4.68 Å². The predicted octanol–water partition coefficient (Wildman–Crippen LogP) is 0.825. The molecule has 0 saturated carbocycles. The Morgan fingerprint density at radius 3 is 3.15 bits per heavy atom. The lowest BCUT2D eigenvalue weighted by molar-refractivity contribution is 0.0591. The van der Waals surface area contributed by atoms with Gasteiger partial charge in [-0.2, -0.15) is 5.10 Å². The Morgan fingerprint density at radius 2 is 2.54 bits per heavy atom. The van der Waals surface area contributed by atoms with Crippen molar-refractivity contribution < 1.29 is 14.3 Å². The van der Waals surface area contributed by atoms with Crippen LogP contribution in [0.25, 0.3) is 0 Å². The highest BCUT2D eigenvalue weighted by molar-refractivity contribution is 9.10. The maximum atomic E-state index is 11.2. The molecule has 0 bridgehead atoms. The summed E-state index contributed by atoms with van der Waals surface area (Å²) in [6, 6.07) is 0. The normalized spacial score (nSPS) is 13.7. The largest absolute Gasteiger partial charge is 0.475 e. The molecule has 0 atom stereocenters. The van der Waals surface area contributed by atoms with E-state index in [1.807, 2.05) is 0 Å². The Bertz CT molecular complexity index is 361. The second kappa shape index (κ2) is 3.02. The van der Waals surface area contributed by atoms with Gasteiger partial charge in [0.2, 0.25) is 5.88 Å². The topological polar surface area (TPSA) is 53.3 Å². The quantitative estimate of drug-likeness (QED) is 0.689. The maximum Gasteiger partial charge on any atom is 0.359 e. The van der Waals surface area contributed by atoms with Gasteiger partial charge in [0.1, 0.15) is 11.1 Å². The Kier molecular flexibility index (Phi) is 1.99. The van der Waals surface area contributed by atoms with Crippen LogP contribution >= 0.6 is 15.9 Å². The smallest absolute Gasteiger partial charge is 0.359 e. The Hall–Kier alpha value is -1.04. The number of nitrogens with zero attached hydrogens (tertiary/aromatic N) is 2. The van der Waals surface area contributed by atoms with Gasteiger partial charge in [-0.25, -0.2) is 9.48 Å². The van der Waals surface area contributed by atoms with Crippen molar-refractivity contribution in [3.63, 3.8) is 0 Å². The van der Waals surface area contributed by atoms with Crippen molar-refractivity contribution in [3.8, 4) is 5.88 Å². The van der Waals surface area contributed by atoms with E-state index in [1.165, 1.54) is 7.11 Å². The van der Waals surface area contributed by atoms with Crippen LogP contribution in [0.3, 0.4) is 0 Å². The van der Waals surface area contributed by atoms with E-state index in [2.05, 4.69) is 25.8 Å². The van der Waals surface area contributed by atoms with Crippen molar-refractivity contribution in [2.45, 2.75) is 6.54 Å². The SMILES string of the molecule is COC(=O)c1nn2c(c1Br)OCC2. The molecule has 2 rings (SSSR count). The molecule has 0 N–H and O–H groups in total. The van der Waals surface area contributed by atoms with E-state index in [9.17, 15) is 4.79 Å². The summed E-state index contributed by atoms with van der Waals surface area (Å²) in [5.41, 5.74) is 0.261. The lowest BCUT2D eigenvalue weighted by Gasteiger charge is -1.95. The van der Waals surface area contributed by atoms with Gasteiger partial charge in [0.15, 0.2) is 5.69 Å². The molecule has 0 fully saturated rings. The van der Waals surface area contributed by atoms with E-state index in [0.717, 1.165) is 0 Å². The van der Waals surface area contributed by atoms with E-state index in [-0.39, 0.29) is 5.69 Å². The van der Waals surface area contributed by atoms with Crippen LogP contribution in [0.2, 0.25) is 0 Å². The van der Waals surface area contributed by atoms with Crippen LogP contribution in [-0.2, 0) is 11.3 Å². The molecule has 5 nitrogen and oxygen atoms in total. The highest BCUT2D eigenvalue weighted by atomic mass is 79.9. The highest BCUT2D eigenvalue weighted by Crippen LogP contribution is 2.31. The van der Waals surface area contributed by atoms with Crippen molar-refractivity contribution >= 4 is 21.9 Å². The number of fused-ring (bicyclic) bond motifs is 1. The summed E-state index contributed by atoms with van der Waals surface area (Å²) in [7, 11) is 1.32. The first-order chi connectivity index (χ1) is 6.24. The van der Waals surface area contributed by atoms with Gasteiger partial charge in [-0.3, -0.25) is 0 Å². The number of ether oxygens (including phenoxy) is 2. The molecule has 0 aliphatic carbocycles. The number of carbonyl (C=O) groups is 1. The first-order valence-corrected chi connectivity index (χ1v) is 4.50. The summed E-state index contributed by atoms with van der Waals surface area (Å²) in [4.78, 5) is 11.2. The van der Waals surface area contributed by atoms with E-state index in [0.29, 0.717) is 23.5 Å². The predicted molar refractivity (Wildman–Crippen MR) is 46.8 cm³/mol. The molecule has 0 aromatic carbocycles. The third kappa shape index (κ3) is 1.21. The summed E-state index contributed by atoms with van der Waals surface area (Å²) >= 11 is 3.23. The Morgan fingerprint density at radius 1 is 1.77 bits per heavy atom. The zero-order chi connectivity index (χ0) is 9.42. The van der Waals surface area contributed by atoms with Gasteiger partial charge in [-0.05, 0) is 15.9 Å². The highest BCUT2D eigenvalue weighted by Gasteiger charge is 2.25. The second-order valence-electron chi connectivity index (χ2n) is 2.53. The molecule has 0 saturated heterocycles. The molecule has 2 heterocycles. The van der Waals surface area contributed by atoms with Gasteiger partial charge in [-0.1, -0.05) is 0 Å². The first kappa shape index (κ1) is 8.55. The molecular formula is C7H7BrN2O3. The first-order valence-electron chi connectivity index (χ1n) is 3.71. The van der Waals surface area contributed by atoms with Gasteiger partial charge >= 0.3 is 5.97 Å². The molecule has 0 spiro atoms. The van der Waals surface area contributed by atoms with E-state index in [4.69, 9.17) is 4.74 Å². The number of halogens is 1. The van der Waals surface area contributed by atoms with Crippen LogP contribution in [0, 0.1) is 0 Å². The molecule has 1 aromatic heterocycles. The summed E-state index contributed by atoms with van der Waals surface area (Å²) in [5, 5.41) is 4.03. The summed E-state index contributed by atoms with van der Waals surface area (Å²) < 4.78 is 12.0. The average Bonchev–Trinajstić information content (AvgIpc) is 2.68. The summed E-state index contributed by atoms with van der Waals surface area (Å²) in [6.45, 7) is 1.27. The number of carbonyl (C=O) groups excluding carboxylic acids is 1. The second-order valence-corrected chi connectivity index (χ2v) is 3.32. The fraction of sp³-hybridized carbons (Fsp3) is 0.429. The maximum absolute atomic E-state index is 11.2. The van der Waals surface area contributed by atoms with Gasteiger partial charge in [0, 0.05) is 0 Å². The third-order valence-corrected chi connectivity index (χ3v) is 2.49. The van der Waals surface area contributed by atoms with Crippen molar-refractivity contribution in [2.24, 2.45) is 0 Å². The minimum absolute atomic E-state index is 0.261. The van der Waals surface area contributed by atoms with Crippen LogP contribution in [0.1, 0.15) is 10.5 Å². The zero-order valence-corrected chi connectivity index (χ0v) is 8.50. The van der Waals surface area contributed by atoms with Gasteiger partial charge < -0.3 is 9.47 Å². The van der Waals surface area contributed by atoms with Crippen LogP contribution in [0.4, 0.5) is 0 Å². The third-order valence-electron chi connectivity index (χ3n) is 1.77. The minimum atomic E-state index is -0.461. The summed E-state index contributed by atoms with van der Waals surface area (Å²) in [6.07, 6.45) is 0. The molecule has 0 radical (unpaired) electrons. The lowest BCUT2D eigenvalue weighted by atomic mass is 10.4. The molecule has 1 aliphatic heterocycles. The Labute approximate surface area is 82.7 Å². The number of hydrogen-bond acceptors (Lipinski definition) is 4. The molecule has 6 heteroatoms. The van der Waals surface area contributed by atoms with Crippen LogP contribution in [-0.4, -0.2) is 29.5 Å². The molecule has 1 aromatic rings. The fourth-order valence-corrected chi connectivity index (χ4v) is 1.73. The molecule has 13 heavy (non-hydrogen) atoms. The molecule has 0 amide bonds. The molecular weight excluding hydrogens is 240 g/mol. The van der Waals surface area contributed by atoms with Crippen molar-refractivity contribution in [3.05, 3.63) is 10.2 Å². The van der Waals surface area contributed by atoms with Crippen molar-refractivity contribution in [2.75, 3.05) is 13.7 Å². The number of rotatable bonds is 1. The average molecular weight is 247 g/mol. The van der Waals surface area contributed by atoms with Crippen LogP contribution < -0.4 is 4.74 Å². The van der Waals surface area contributed by atoms with E-state index >= 15 is 0 Å². The number of hydrogen-bond donors (Lipinski definition) is 0. The number of methoxy groups -OCH3 is 1. The lowest BCUT2D eigenvalue weighted by Crippen LogP contribution is -2.06. The molecule has 70 valence electrons. The monoisotopic (exact) mass is 246 g/mol. The van der Waals surface area contributed by atoms with E-state index < -0.39 is 5.97 Å². The Balaban J connectivity index is 2.44. The van der Waals surface area contributed by atoms with Crippen molar-refractivity contribution in [1.29, 1.82) is 0 Å². The zero-order valence-electron chi connectivity index (χ0n) is 6.91. The van der Waals surface area contributed by atoms with Crippen molar-refractivity contribution in [1.82, 2.24) is 9.78 Å². The molecule has 1 aliphatic rings. The van der Waals surface area contributed by atoms with Gasteiger partial charge in [0.05, 0.1) is 13.7 Å². The summed E-state index contributed by atoms with van der Waals surface area (Å²) in [5.74, 6) is 0.137. The van der Waals surface area contributed by atoms with Crippen LogP contribution in [0.15, 0.2) is 4.47 Å². The fourth-order valence-electron chi connectivity index (χ4n) is 1.17. The minimum Gasteiger partial charge on any atom is -0.475 e. The van der Waals surface area contributed by atoms with Gasteiger partial charge in [-0.15, -0.1) is 0 Å². The van der Waals surface area contributed by atoms with Crippen LogP contribution in [0.5, 0.6) is 5.88 Å². The molecule has 0 unspecified atom stereocenters. The number of aromatic nitrogens is 2.